The highest BCUT2D eigenvalue weighted by atomic mass is 16.5. The van der Waals surface area contributed by atoms with E-state index in [0.717, 1.165) is 25.9 Å². The van der Waals surface area contributed by atoms with E-state index in [2.05, 4.69) is 58.6 Å². The Balaban J connectivity index is 1.19. The molecule has 3 aromatic carbocycles. The monoisotopic (exact) mass is 538 g/mol. The number of piperidine rings is 1. The molecule has 1 N–H and O–H groups in total. The molecule has 40 heavy (non-hydrogen) atoms. The number of benzene rings is 3. The lowest BCUT2D eigenvalue weighted by atomic mass is 9.88. The van der Waals surface area contributed by atoms with Crippen LogP contribution in [0.2, 0.25) is 0 Å². The molecule has 0 amide bonds. The molecule has 0 radical (unpaired) electrons. The van der Waals surface area contributed by atoms with E-state index in [1.54, 1.807) is 37.4 Å². The van der Waals surface area contributed by atoms with Gasteiger partial charge in [0.15, 0.2) is 0 Å². The van der Waals surface area contributed by atoms with Crippen LogP contribution in [0.3, 0.4) is 0 Å². The van der Waals surface area contributed by atoms with E-state index in [1.165, 1.54) is 22.3 Å². The molecule has 0 spiro atoms. The number of hydrogen-bond donors (Lipinski definition) is 1. The lowest BCUT2D eigenvalue weighted by Gasteiger charge is -2.31. The van der Waals surface area contributed by atoms with Gasteiger partial charge in [0.2, 0.25) is 11.5 Å². The van der Waals surface area contributed by atoms with Crippen LogP contribution < -0.4 is 4.74 Å². The lowest BCUT2D eigenvalue weighted by Crippen LogP contribution is -2.39. The van der Waals surface area contributed by atoms with Crippen molar-refractivity contribution in [3.8, 4) is 5.75 Å². The molecule has 1 unspecified atom stereocenters. The van der Waals surface area contributed by atoms with Crippen molar-refractivity contribution in [3.63, 3.8) is 0 Å². The Hall–Kier alpha value is -4.04. The molecule has 7 heteroatoms. The minimum absolute atomic E-state index is 0.0775. The maximum absolute atomic E-state index is 13.0. The number of nitrogens with zero attached hydrogens (tertiary/aromatic N) is 2. The number of aliphatic hydroxyl groups excluding tert-OH is 1. The smallest absolute Gasteiger partial charge is 0.234 e. The quantitative estimate of drug-likeness (QED) is 0.256. The summed E-state index contributed by atoms with van der Waals surface area (Å²) in [6.07, 6.45) is 1.17. The summed E-state index contributed by atoms with van der Waals surface area (Å²) in [5.74, 6) is 0.185. The van der Waals surface area contributed by atoms with Crippen LogP contribution in [0.25, 0.3) is 5.57 Å². The first-order valence-electron chi connectivity index (χ1n) is 13.6. The molecule has 1 fully saturated rings. The first-order chi connectivity index (χ1) is 19.6. The number of likely N-dealkylation sites (tertiary alicyclic amines) is 1. The Kier molecular flexibility index (Phi) is 9.18. The van der Waals surface area contributed by atoms with Crippen LogP contribution in [-0.4, -0.2) is 60.4 Å². The van der Waals surface area contributed by atoms with Crippen LogP contribution >= 0.6 is 0 Å². The fourth-order valence-corrected chi connectivity index (χ4v) is 5.12. The van der Waals surface area contributed by atoms with Gasteiger partial charge in [-0.15, -0.1) is 0 Å². The summed E-state index contributed by atoms with van der Waals surface area (Å²) in [5, 5.41) is 14.7. The minimum atomic E-state index is -0.699. The number of methoxy groups -OCH3 is 1. The van der Waals surface area contributed by atoms with E-state index < -0.39 is 6.10 Å². The predicted molar refractivity (Wildman–Crippen MR) is 153 cm³/mol. The standard InChI is InChI=1S/C33H34N2O5/c1-38-22-27-20-31(40-34-27)33(37)29-14-8-9-15-30(29)39-23-28(36)21-35-18-16-26(17-19-35)32(24-10-4-2-5-11-24)25-12-6-3-7-13-25/h2-15,20,28,36H,16-19,21-23H2,1H3. The van der Waals surface area contributed by atoms with Crippen LogP contribution in [0.4, 0.5) is 0 Å². The summed E-state index contributed by atoms with van der Waals surface area (Å²) in [5.41, 5.74) is 6.12. The van der Waals surface area contributed by atoms with Crippen LogP contribution in [0, 0.1) is 0 Å². The number of β-amino-alcohol motifs (C(OH)–C–C–N with tert-alkyl or cyclic N) is 1. The van der Waals surface area contributed by atoms with Crippen LogP contribution in [0.15, 0.2) is 101 Å². The van der Waals surface area contributed by atoms with Gasteiger partial charge in [0.1, 0.15) is 24.2 Å². The average molecular weight is 539 g/mol. The maximum Gasteiger partial charge on any atom is 0.234 e. The number of carbonyl (C=O) groups excluding carboxylic acids is 1. The second kappa shape index (κ2) is 13.3. The second-order valence-corrected chi connectivity index (χ2v) is 9.92. The Morgan fingerprint density at radius 2 is 1.57 bits per heavy atom. The van der Waals surface area contributed by atoms with Gasteiger partial charge in [-0.25, -0.2) is 0 Å². The highest BCUT2D eigenvalue weighted by molar-refractivity contribution is 6.08. The van der Waals surface area contributed by atoms with Crippen molar-refractivity contribution in [1.82, 2.24) is 10.1 Å². The van der Waals surface area contributed by atoms with Crippen LogP contribution in [0.5, 0.6) is 5.75 Å². The average Bonchev–Trinajstić information content (AvgIpc) is 3.47. The van der Waals surface area contributed by atoms with Crippen molar-refractivity contribution in [2.24, 2.45) is 0 Å². The van der Waals surface area contributed by atoms with Crippen LogP contribution in [-0.2, 0) is 11.3 Å². The molecule has 0 aliphatic carbocycles. The minimum Gasteiger partial charge on any atom is -0.490 e. The highest BCUT2D eigenvalue weighted by Crippen LogP contribution is 2.32. The highest BCUT2D eigenvalue weighted by Gasteiger charge is 2.23. The first-order valence-corrected chi connectivity index (χ1v) is 13.6. The van der Waals surface area contributed by atoms with E-state index in [4.69, 9.17) is 14.0 Å². The summed E-state index contributed by atoms with van der Waals surface area (Å²) in [6.45, 7) is 2.56. The summed E-state index contributed by atoms with van der Waals surface area (Å²) in [7, 11) is 1.55. The Morgan fingerprint density at radius 1 is 0.950 bits per heavy atom. The molecular weight excluding hydrogens is 504 g/mol. The van der Waals surface area contributed by atoms with E-state index in [0.29, 0.717) is 23.6 Å². The van der Waals surface area contributed by atoms with Gasteiger partial charge in [-0.1, -0.05) is 83.5 Å². The zero-order valence-electron chi connectivity index (χ0n) is 22.7. The van der Waals surface area contributed by atoms with Gasteiger partial charge in [-0.3, -0.25) is 9.69 Å². The molecule has 1 aliphatic rings. The zero-order valence-corrected chi connectivity index (χ0v) is 22.7. The van der Waals surface area contributed by atoms with Gasteiger partial charge < -0.3 is 19.1 Å². The fraction of sp³-hybridized carbons (Fsp3) is 0.273. The Bertz CT molecular complexity index is 1380. The largest absolute Gasteiger partial charge is 0.490 e. The van der Waals surface area contributed by atoms with E-state index >= 15 is 0 Å². The number of para-hydroxylation sites is 1. The van der Waals surface area contributed by atoms with E-state index in [-0.39, 0.29) is 24.8 Å². The number of carbonyl (C=O) groups is 1. The summed E-state index contributed by atoms with van der Waals surface area (Å²) >= 11 is 0. The Morgan fingerprint density at radius 3 is 2.23 bits per heavy atom. The molecular formula is C33H34N2O5. The number of aliphatic hydroxyl groups is 1. The van der Waals surface area contributed by atoms with Crippen molar-refractivity contribution in [2.75, 3.05) is 33.4 Å². The topological polar surface area (TPSA) is 85.0 Å². The van der Waals surface area contributed by atoms with Crippen molar-refractivity contribution < 1.29 is 23.9 Å². The maximum atomic E-state index is 13.0. The molecule has 206 valence electrons. The third-order valence-electron chi connectivity index (χ3n) is 7.04. The zero-order chi connectivity index (χ0) is 27.7. The molecule has 5 rings (SSSR count). The number of ether oxygens (including phenoxy) is 2. The molecule has 2 heterocycles. The van der Waals surface area contributed by atoms with Gasteiger partial charge in [0, 0.05) is 32.8 Å². The molecule has 1 aliphatic heterocycles. The number of rotatable bonds is 11. The molecule has 1 atom stereocenters. The third kappa shape index (κ3) is 6.74. The molecule has 7 nitrogen and oxygen atoms in total. The number of aromatic nitrogens is 1. The van der Waals surface area contributed by atoms with Crippen molar-refractivity contribution in [3.05, 3.63) is 125 Å². The summed E-state index contributed by atoms with van der Waals surface area (Å²) < 4.78 is 16.2. The normalized spacial score (nSPS) is 14.6. The second-order valence-electron chi connectivity index (χ2n) is 9.92. The molecule has 4 aromatic rings. The van der Waals surface area contributed by atoms with Gasteiger partial charge in [0.25, 0.3) is 0 Å². The molecule has 1 aromatic heterocycles. The van der Waals surface area contributed by atoms with Gasteiger partial charge in [-0.05, 0) is 41.7 Å². The van der Waals surface area contributed by atoms with Gasteiger partial charge >= 0.3 is 0 Å². The number of ketones is 1. The fourth-order valence-electron chi connectivity index (χ4n) is 5.12. The summed E-state index contributed by atoms with van der Waals surface area (Å²) in [4.78, 5) is 15.3. The van der Waals surface area contributed by atoms with Crippen molar-refractivity contribution in [1.29, 1.82) is 0 Å². The van der Waals surface area contributed by atoms with Crippen molar-refractivity contribution in [2.45, 2.75) is 25.6 Å². The summed E-state index contributed by atoms with van der Waals surface area (Å²) in [6, 6.07) is 29.6. The third-order valence-corrected chi connectivity index (χ3v) is 7.04. The number of hydrogen-bond acceptors (Lipinski definition) is 7. The lowest BCUT2D eigenvalue weighted by molar-refractivity contribution is 0.0649. The van der Waals surface area contributed by atoms with Gasteiger partial charge in [-0.2, -0.15) is 0 Å². The predicted octanol–water partition coefficient (Wildman–Crippen LogP) is 5.39. The van der Waals surface area contributed by atoms with Gasteiger partial charge in [0.05, 0.1) is 12.2 Å². The van der Waals surface area contributed by atoms with E-state index in [9.17, 15) is 9.90 Å². The molecule has 1 saturated heterocycles. The van der Waals surface area contributed by atoms with Crippen molar-refractivity contribution >= 4 is 11.4 Å². The SMILES string of the molecule is COCc1cc(C(=O)c2ccccc2OCC(O)CN2CCC(=C(c3ccccc3)c3ccccc3)CC2)on1. The first kappa shape index (κ1) is 27.5. The van der Waals surface area contributed by atoms with Crippen LogP contribution in [0.1, 0.15) is 45.8 Å². The molecule has 0 saturated carbocycles. The van der Waals surface area contributed by atoms with E-state index in [1.807, 2.05) is 12.1 Å². The molecule has 0 bridgehead atoms. The Labute approximate surface area is 234 Å².